The molecule has 2 saturated heterocycles. The number of piperidine rings is 1. The van der Waals surface area contributed by atoms with E-state index in [9.17, 15) is 8.42 Å². The smallest absolute Gasteiger partial charge is 0.197 e. The van der Waals surface area contributed by atoms with Crippen molar-refractivity contribution < 1.29 is 8.42 Å². The summed E-state index contributed by atoms with van der Waals surface area (Å²) in [6.45, 7) is 8.76. The van der Waals surface area contributed by atoms with E-state index >= 15 is 0 Å². The number of rotatable bonds is 3. The molecule has 0 radical (unpaired) electrons. The minimum absolute atomic E-state index is 0.0552. The van der Waals surface area contributed by atoms with Gasteiger partial charge in [0, 0.05) is 37.5 Å². The molecule has 2 aliphatic heterocycles. The molecule has 8 nitrogen and oxygen atoms in total. The fraction of sp³-hybridized carbons (Fsp3) is 0.750. The summed E-state index contributed by atoms with van der Waals surface area (Å²) in [6, 6.07) is 3.97. The lowest BCUT2D eigenvalue weighted by Crippen LogP contribution is -2.47. The summed E-state index contributed by atoms with van der Waals surface area (Å²) in [5.74, 6) is 1.02. The molecule has 29 heavy (non-hydrogen) atoms. The van der Waals surface area contributed by atoms with Crippen molar-refractivity contribution in [1.82, 2.24) is 28.4 Å². The van der Waals surface area contributed by atoms with E-state index < -0.39 is 10.2 Å². The van der Waals surface area contributed by atoms with Gasteiger partial charge in [-0.1, -0.05) is 33.6 Å². The predicted molar refractivity (Wildman–Crippen MR) is 112 cm³/mol. The lowest BCUT2D eigenvalue weighted by atomic mass is 9.92. The van der Waals surface area contributed by atoms with Crippen LogP contribution in [0.15, 0.2) is 12.1 Å². The standard InChI is InChI=1S/C20H32N6O2S/c1-20(2,3)17-8-9-18-21-22-19(26(18)23-17)16-10-14-25(15-11-16)29(27,28)24-12-6-4-5-7-13-24/h8-9,16H,4-7,10-15H2,1-3H3. The second kappa shape index (κ2) is 7.92. The highest BCUT2D eigenvalue weighted by Crippen LogP contribution is 2.30. The van der Waals surface area contributed by atoms with E-state index in [-0.39, 0.29) is 11.3 Å². The number of aromatic nitrogens is 4. The lowest BCUT2D eigenvalue weighted by Gasteiger charge is -2.34. The van der Waals surface area contributed by atoms with Crippen LogP contribution in [0, 0.1) is 0 Å². The molecule has 2 fully saturated rings. The van der Waals surface area contributed by atoms with Crippen molar-refractivity contribution in [1.29, 1.82) is 0 Å². The Morgan fingerprint density at radius 1 is 0.897 bits per heavy atom. The van der Waals surface area contributed by atoms with Crippen LogP contribution < -0.4 is 0 Å². The van der Waals surface area contributed by atoms with Crippen molar-refractivity contribution in [3.8, 4) is 0 Å². The van der Waals surface area contributed by atoms with Gasteiger partial charge < -0.3 is 0 Å². The molecule has 4 heterocycles. The Kier molecular flexibility index (Phi) is 5.65. The highest BCUT2D eigenvalue weighted by Gasteiger charge is 2.35. The van der Waals surface area contributed by atoms with Crippen molar-refractivity contribution in [2.75, 3.05) is 26.2 Å². The van der Waals surface area contributed by atoms with E-state index in [0.717, 1.165) is 55.7 Å². The second-order valence-electron chi connectivity index (χ2n) is 9.29. The molecule has 2 aromatic rings. The van der Waals surface area contributed by atoms with Crippen LogP contribution in [0.5, 0.6) is 0 Å². The molecule has 2 aliphatic rings. The molecule has 0 atom stereocenters. The maximum Gasteiger partial charge on any atom is 0.281 e. The van der Waals surface area contributed by atoms with Crippen LogP contribution in [0.4, 0.5) is 0 Å². The average molecular weight is 421 g/mol. The fourth-order valence-electron chi connectivity index (χ4n) is 4.24. The third-order valence-electron chi connectivity index (χ3n) is 6.09. The Morgan fingerprint density at radius 3 is 2.14 bits per heavy atom. The van der Waals surface area contributed by atoms with Crippen LogP contribution in [0.3, 0.4) is 0 Å². The number of hydrogen-bond acceptors (Lipinski definition) is 5. The Morgan fingerprint density at radius 2 is 1.52 bits per heavy atom. The van der Waals surface area contributed by atoms with E-state index in [2.05, 4.69) is 31.0 Å². The molecule has 0 aliphatic carbocycles. The molecule has 0 bridgehead atoms. The van der Waals surface area contributed by atoms with Gasteiger partial charge >= 0.3 is 0 Å². The molecule has 4 rings (SSSR count). The van der Waals surface area contributed by atoms with E-state index in [1.54, 1.807) is 8.61 Å². The number of hydrogen-bond donors (Lipinski definition) is 0. The Balaban J connectivity index is 1.50. The molecule has 9 heteroatoms. The summed E-state index contributed by atoms with van der Waals surface area (Å²) in [5, 5.41) is 13.5. The first-order valence-corrected chi connectivity index (χ1v) is 12.1. The van der Waals surface area contributed by atoms with Crippen molar-refractivity contribution >= 4 is 15.9 Å². The van der Waals surface area contributed by atoms with Gasteiger partial charge in [0.25, 0.3) is 10.2 Å². The van der Waals surface area contributed by atoms with Crippen molar-refractivity contribution in [3.63, 3.8) is 0 Å². The first-order chi connectivity index (χ1) is 13.8. The van der Waals surface area contributed by atoms with E-state index in [1.807, 2.05) is 16.6 Å². The van der Waals surface area contributed by atoms with E-state index in [0.29, 0.717) is 26.2 Å². The summed E-state index contributed by atoms with van der Waals surface area (Å²) >= 11 is 0. The number of nitrogens with zero attached hydrogens (tertiary/aromatic N) is 6. The second-order valence-corrected chi connectivity index (χ2v) is 11.2. The third-order valence-corrected chi connectivity index (χ3v) is 8.13. The van der Waals surface area contributed by atoms with Gasteiger partial charge in [-0.25, -0.2) is 0 Å². The summed E-state index contributed by atoms with van der Waals surface area (Å²) in [6.07, 6.45) is 5.66. The molecule has 160 valence electrons. The van der Waals surface area contributed by atoms with Gasteiger partial charge in [-0.2, -0.15) is 26.6 Å². The molecule has 0 N–H and O–H groups in total. The summed E-state index contributed by atoms with van der Waals surface area (Å²) < 4.78 is 31.3. The van der Waals surface area contributed by atoms with Gasteiger partial charge in [0.15, 0.2) is 11.5 Å². The Labute approximate surface area is 173 Å². The minimum Gasteiger partial charge on any atom is -0.197 e. The first kappa shape index (κ1) is 20.7. The molecule has 0 saturated carbocycles. The zero-order valence-corrected chi connectivity index (χ0v) is 18.5. The lowest BCUT2D eigenvalue weighted by molar-refractivity contribution is 0.282. The van der Waals surface area contributed by atoms with E-state index in [1.165, 1.54) is 0 Å². The third kappa shape index (κ3) is 4.18. The van der Waals surface area contributed by atoms with Crippen molar-refractivity contribution in [2.45, 2.75) is 70.6 Å². The van der Waals surface area contributed by atoms with Gasteiger partial charge in [-0.05, 0) is 37.8 Å². The average Bonchev–Trinajstić information content (AvgIpc) is 2.91. The normalized spacial score (nSPS) is 21.5. The highest BCUT2D eigenvalue weighted by atomic mass is 32.2. The minimum atomic E-state index is -3.36. The molecular formula is C20H32N6O2S. The molecule has 0 unspecified atom stereocenters. The molecule has 0 spiro atoms. The zero-order valence-electron chi connectivity index (χ0n) is 17.7. The van der Waals surface area contributed by atoms with Crippen LogP contribution in [0.2, 0.25) is 0 Å². The monoisotopic (exact) mass is 420 g/mol. The zero-order chi connectivity index (χ0) is 20.6. The van der Waals surface area contributed by atoms with Crippen LogP contribution in [-0.2, 0) is 15.6 Å². The molecule has 2 aromatic heterocycles. The van der Waals surface area contributed by atoms with Gasteiger partial charge in [0.2, 0.25) is 0 Å². The maximum absolute atomic E-state index is 13.1. The quantitative estimate of drug-likeness (QED) is 0.762. The van der Waals surface area contributed by atoms with Gasteiger partial charge in [-0.15, -0.1) is 10.2 Å². The van der Waals surface area contributed by atoms with Crippen LogP contribution >= 0.6 is 0 Å². The predicted octanol–water partition coefficient (Wildman–Crippen LogP) is 2.72. The molecular weight excluding hydrogens is 388 g/mol. The topological polar surface area (TPSA) is 83.7 Å². The molecule has 0 aromatic carbocycles. The first-order valence-electron chi connectivity index (χ1n) is 10.7. The van der Waals surface area contributed by atoms with Crippen LogP contribution in [0.1, 0.15) is 76.7 Å². The summed E-state index contributed by atoms with van der Waals surface area (Å²) in [5.41, 5.74) is 1.68. The summed E-state index contributed by atoms with van der Waals surface area (Å²) in [4.78, 5) is 0. The Hall–Kier alpha value is -1.58. The van der Waals surface area contributed by atoms with Crippen molar-refractivity contribution in [2.24, 2.45) is 0 Å². The Bertz CT molecular complexity index is 949. The highest BCUT2D eigenvalue weighted by molar-refractivity contribution is 7.86. The van der Waals surface area contributed by atoms with Gasteiger partial charge in [0.05, 0.1) is 5.69 Å². The van der Waals surface area contributed by atoms with Crippen LogP contribution in [-0.4, -0.2) is 63.0 Å². The van der Waals surface area contributed by atoms with Gasteiger partial charge in [0.1, 0.15) is 0 Å². The van der Waals surface area contributed by atoms with Crippen molar-refractivity contribution in [3.05, 3.63) is 23.7 Å². The molecule has 0 amide bonds. The van der Waals surface area contributed by atoms with Crippen LogP contribution in [0.25, 0.3) is 5.65 Å². The van der Waals surface area contributed by atoms with E-state index in [4.69, 9.17) is 5.10 Å². The maximum atomic E-state index is 13.1. The SMILES string of the molecule is CC(C)(C)c1ccc2nnc(C3CCN(S(=O)(=O)N4CCCCCC4)CC3)n2n1. The fourth-order valence-corrected chi connectivity index (χ4v) is 5.96. The summed E-state index contributed by atoms with van der Waals surface area (Å²) in [7, 11) is -3.36. The largest absolute Gasteiger partial charge is 0.281 e. The number of fused-ring (bicyclic) bond motifs is 1. The van der Waals surface area contributed by atoms with Gasteiger partial charge in [-0.3, -0.25) is 0 Å².